The lowest BCUT2D eigenvalue weighted by Gasteiger charge is -2.30. The minimum absolute atomic E-state index is 0.348. The third-order valence-electron chi connectivity index (χ3n) is 5.03. The molecule has 0 heterocycles. The van der Waals surface area contributed by atoms with Gasteiger partial charge < -0.3 is 15.5 Å². The fourth-order valence-corrected chi connectivity index (χ4v) is 4.46. The molecule has 0 spiro atoms. The third kappa shape index (κ3) is 7.51. The van der Waals surface area contributed by atoms with E-state index in [1.165, 1.54) is 0 Å². The molecule has 4 unspecified atom stereocenters. The summed E-state index contributed by atoms with van der Waals surface area (Å²) in [6.45, 7) is 11.2. The zero-order chi connectivity index (χ0) is 17.9. The molecular formula is C18H38N4OS. The van der Waals surface area contributed by atoms with Crippen molar-refractivity contribution in [3.63, 3.8) is 0 Å². The van der Waals surface area contributed by atoms with E-state index in [-0.39, 0.29) is 0 Å². The molecule has 0 radical (unpaired) electrons. The first-order valence-corrected chi connectivity index (χ1v) is 11.0. The second kappa shape index (κ2) is 11.9. The van der Waals surface area contributed by atoms with Crippen molar-refractivity contribution in [1.29, 1.82) is 0 Å². The topological polar surface area (TPSA) is 56.7 Å². The molecule has 5 nitrogen and oxygen atoms in total. The number of aliphatic imine (C=N–C) groups is 1. The molecule has 0 aromatic rings. The normalized spacial score (nSPS) is 24.7. The molecule has 1 rings (SSSR count). The van der Waals surface area contributed by atoms with E-state index in [2.05, 4.69) is 43.4 Å². The van der Waals surface area contributed by atoms with E-state index in [1.54, 1.807) is 0 Å². The number of nitrogens with one attached hydrogen (secondary N) is 2. The van der Waals surface area contributed by atoms with Crippen molar-refractivity contribution < 1.29 is 4.21 Å². The molecule has 0 aromatic carbocycles. The Bertz CT molecular complexity index is 402. The van der Waals surface area contributed by atoms with Crippen LogP contribution in [0.15, 0.2) is 4.99 Å². The number of hydrogen-bond acceptors (Lipinski definition) is 3. The molecule has 0 saturated heterocycles. The Labute approximate surface area is 151 Å². The Morgan fingerprint density at radius 3 is 2.71 bits per heavy atom. The lowest BCUT2D eigenvalue weighted by Crippen LogP contribution is -2.47. The van der Waals surface area contributed by atoms with Gasteiger partial charge in [0.2, 0.25) is 0 Å². The average molecular weight is 359 g/mol. The smallest absolute Gasteiger partial charge is 0.191 e. The molecule has 4 atom stereocenters. The molecule has 6 heteroatoms. The zero-order valence-corrected chi connectivity index (χ0v) is 17.1. The van der Waals surface area contributed by atoms with Crippen LogP contribution in [0.1, 0.15) is 59.8 Å². The molecule has 1 aliphatic carbocycles. The lowest BCUT2D eigenvalue weighted by molar-refractivity contribution is 0.259. The highest BCUT2D eigenvalue weighted by atomic mass is 32.2. The summed E-state index contributed by atoms with van der Waals surface area (Å²) in [6.07, 6.45) is 5.57. The Morgan fingerprint density at radius 1 is 1.33 bits per heavy atom. The summed E-state index contributed by atoms with van der Waals surface area (Å²) < 4.78 is 12.1. The first-order chi connectivity index (χ1) is 11.5. The Balaban J connectivity index is 2.52. The fourth-order valence-electron chi connectivity index (χ4n) is 3.12. The molecule has 1 saturated carbocycles. The van der Waals surface area contributed by atoms with Crippen LogP contribution < -0.4 is 10.6 Å². The van der Waals surface area contributed by atoms with Crippen LogP contribution in [0.3, 0.4) is 0 Å². The maximum absolute atomic E-state index is 12.1. The summed E-state index contributed by atoms with van der Waals surface area (Å²) in [7, 11) is 1.48. The maximum atomic E-state index is 12.1. The predicted molar refractivity (Wildman–Crippen MR) is 106 cm³/mol. The quantitative estimate of drug-likeness (QED) is 0.491. The van der Waals surface area contributed by atoms with Gasteiger partial charge in [0.25, 0.3) is 0 Å². The van der Waals surface area contributed by atoms with E-state index in [0.717, 1.165) is 63.5 Å². The highest BCUT2D eigenvalue weighted by Crippen LogP contribution is 2.22. The Hall–Kier alpha value is -0.620. The monoisotopic (exact) mass is 358 g/mol. The van der Waals surface area contributed by atoms with Crippen LogP contribution in [0.2, 0.25) is 0 Å². The van der Waals surface area contributed by atoms with Crippen LogP contribution in [-0.2, 0) is 10.8 Å². The summed E-state index contributed by atoms with van der Waals surface area (Å²) in [4.78, 5) is 7.09. The van der Waals surface area contributed by atoms with Gasteiger partial charge in [-0.1, -0.05) is 20.3 Å². The molecule has 0 bridgehead atoms. The molecule has 142 valence electrons. The first-order valence-electron chi connectivity index (χ1n) is 9.63. The SMILES string of the molecule is CCNC(=NCCN(C)C(C)CC)NC1CCCC(S(=O)CC)C1. The largest absolute Gasteiger partial charge is 0.357 e. The molecule has 2 N–H and O–H groups in total. The van der Waals surface area contributed by atoms with Crippen LogP contribution in [0.4, 0.5) is 0 Å². The Kier molecular flexibility index (Phi) is 10.6. The van der Waals surface area contributed by atoms with Crippen molar-refractivity contribution in [2.75, 3.05) is 32.4 Å². The van der Waals surface area contributed by atoms with E-state index >= 15 is 0 Å². The van der Waals surface area contributed by atoms with Gasteiger partial charge in [-0.3, -0.25) is 9.20 Å². The number of nitrogens with zero attached hydrogens (tertiary/aromatic N) is 2. The average Bonchev–Trinajstić information content (AvgIpc) is 2.60. The number of guanidine groups is 1. The van der Waals surface area contributed by atoms with Gasteiger partial charge in [0, 0.05) is 47.0 Å². The second-order valence-electron chi connectivity index (χ2n) is 6.80. The summed E-state index contributed by atoms with van der Waals surface area (Å²) in [6, 6.07) is 0.989. The van der Waals surface area contributed by atoms with Gasteiger partial charge in [0.05, 0.1) is 6.54 Å². The molecule has 0 aromatic heterocycles. The fraction of sp³-hybridized carbons (Fsp3) is 0.944. The summed E-state index contributed by atoms with van der Waals surface area (Å²) in [5.41, 5.74) is 0. The molecule has 1 fully saturated rings. The summed E-state index contributed by atoms with van der Waals surface area (Å²) in [5.74, 6) is 1.68. The van der Waals surface area contributed by atoms with E-state index in [0.29, 0.717) is 17.3 Å². The van der Waals surface area contributed by atoms with Crippen LogP contribution in [0, 0.1) is 0 Å². The second-order valence-corrected chi connectivity index (χ2v) is 8.80. The lowest BCUT2D eigenvalue weighted by atomic mass is 9.95. The highest BCUT2D eigenvalue weighted by Gasteiger charge is 2.26. The minimum Gasteiger partial charge on any atom is -0.357 e. The van der Waals surface area contributed by atoms with Gasteiger partial charge in [-0.25, -0.2) is 0 Å². The standard InChI is InChI=1S/C18H38N4OS/c1-6-15(4)22(5)13-12-20-18(19-7-2)21-16-10-9-11-17(14-16)24(23)8-3/h15-17H,6-14H2,1-5H3,(H2,19,20,21). The summed E-state index contributed by atoms with van der Waals surface area (Å²) >= 11 is 0. The van der Waals surface area contributed by atoms with Crippen molar-refractivity contribution in [2.24, 2.45) is 4.99 Å². The van der Waals surface area contributed by atoms with Crippen LogP contribution in [0.25, 0.3) is 0 Å². The van der Waals surface area contributed by atoms with Crippen molar-refractivity contribution >= 4 is 16.8 Å². The molecular weight excluding hydrogens is 320 g/mol. The molecule has 0 amide bonds. The van der Waals surface area contributed by atoms with Gasteiger partial charge in [0.15, 0.2) is 5.96 Å². The zero-order valence-electron chi connectivity index (χ0n) is 16.3. The van der Waals surface area contributed by atoms with Crippen molar-refractivity contribution in [3.05, 3.63) is 0 Å². The predicted octanol–water partition coefficient (Wildman–Crippen LogP) is 2.35. The van der Waals surface area contributed by atoms with E-state index in [1.807, 2.05) is 6.92 Å². The van der Waals surface area contributed by atoms with Gasteiger partial charge in [0.1, 0.15) is 0 Å². The number of rotatable bonds is 9. The number of hydrogen-bond donors (Lipinski definition) is 2. The molecule has 1 aliphatic rings. The van der Waals surface area contributed by atoms with Gasteiger partial charge in [-0.15, -0.1) is 0 Å². The van der Waals surface area contributed by atoms with Crippen LogP contribution in [-0.4, -0.2) is 64.8 Å². The Morgan fingerprint density at radius 2 is 2.08 bits per heavy atom. The maximum Gasteiger partial charge on any atom is 0.191 e. The van der Waals surface area contributed by atoms with Gasteiger partial charge >= 0.3 is 0 Å². The van der Waals surface area contributed by atoms with Crippen LogP contribution in [0.5, 0.6) is 0 Å². The van der Waals surface area contributed by atoms with Gasteiger partial charge in [-0.05, 0) is 46.6 Å². The molecule has 24 heavy (non-hydrogen) atoms. The number of likely N-dealkylation sites (N-methyl/N-ethyl adjacent to an activating group) is 1. The minimum atomic E-state index is -0.678. The highest BCUT2D eigenvalue weighted by molar-refractivity contribution is 7.85. The third-order valence-corrected chi connectivity index (χ3v) is 6.77. The first kappa shape index (κ1) is 21.4. The van der Waals surface area contributed by atoms with Crippen molar-refractivity contribution in [1.82, 2.24) is 15.5 Å². The van der Waals surface area contributed by atoms with Crippen LogP contribution >= 0.6 is 0 Å². The molecule has 0 aliphatic heterocycles. The van der Waals surface area contributed by atoms with Crippen molar-refractivity contribution in [2.45, 2.75) is 77.1 Å². The van der Waals surface area contributed by atoms with E-state index in [9.17, 15) is 4.21 Å². The van der Waals surface area contributed by atoms with Crippen molar-refractivity contribution in [3.8, 4) is 0 Å². The summed E-state index contributed by atoms with van der Waals surface area (Å²) in [5, 5.41) is 7.27. The van der Waals surface area contributed by atoms with E-state index < -0.39 is 10.8 Å². The van der Waals surface area contributed by atoms with Gasteiger partial charge in [-0.2, -0.15) is 0 Å². The van der Waals surface area contributed by atoms with E-state index in [4.69, 9.17) is 4.99 Å².